The Kier molecular flexibility index (Phi) is 2.85. The number of carbonyl (C=O) groups excluding carboxylic acids is 1. The predicted octanol–water partition coefficient (Wildman–Crippen LogP) is 3.54. The Labute approximate surface area is 106 Å². The summed E-state index contributed by atoms with van der Waals surface area (Å²) in [5, 5.41) is 0. The molecule has 0 aliphatic heterocycles. The maximum absolute atomic E-state index is 11.4. The number of hydrogen-bond donors (Lipinski definition) is 0. The van der Waals surface area contributed by atoms with Gasteiger partial charge < -0.3 is 4.74 Å². The van der Waals surface area contributed by atoms with Crippen molar-refractivity contribution >= 4 is 5.78 Å². The summed E-state index contributed by atoms with van der Waals surface area (Å²) in [6.45, 7) is 0. The van der Waals surface area contributed by atoms with E-state index in [-0.39, 0.29) is 0 Å². The summed E-state index contributed by atoms with van der Waals surface area (Å²) < 4.78 is 5.79. The summed E-state index contributed by atoms with van der Waals surface area (Å²) in [4.78, 5) is 11.4. The first-order chi connectivity index (χ1) is 8.81. The molecule has 0 radical (unpaired) electrons. The summed E-state index contributed by atoms with van der Waals surface area (Å²) in [5.74, 6) is 2.01. The molecule has 0 fully saturated rings. The fourth-order valence-corrected chi connectivity index (χ4v) is 2.27. The van der Waals surface area contributed by atoms with Crippen molar-refractivity contribution in [2.45, 2.75) is 19.3 Å². The molecule has 0 spiro atoms. The molecule has 90 valence electrons. The predicted molar refractivity (Wildman–Crippen MR) is 70.0 cm³/mol. The second kappa shape index (κ2) is 4.65. The van der Waals surface area contributed by atoms with Crippen LogP contribution in [0.5, 0.6) is 11.5 Å². The molecule has 2 nitrogen and oxygen atoms in total. The molecule has 1 aliphatic rings. The molecular weight excluding hydrogens is 224 g/mol. The molecule has 0 heterocycles. The molecule has 2 heteroatoms. The van der Waals surface area contributed by atoms with E-state index in [2.05, 4.69) is 6.07 Å². The van der Waals surface area contributed by atoms with Crippen molar-refractivity contribution in [1.82, 2.24) is 0 Å². The number of carbonyl (C=O) groups is 1. The Morgan fingerprint density at radius 2 is 1.67 bits per heavy atom. The Morgan fingerprint density at radius 3 is 2.50 bits per heavy atom. The molecule has 0 unspecified atom stereocenters. The van der Waals surface area contributed by atoms with Crippen LogP contribution in [-0.4, -0.2) is 5.78 Å². The first kappa shape index (κ1) is 11.0. The monoisotopic (exact) mass is 238 g/mol. The normalized spacial score (nSPS) is 14.1. The van der Waals surface area contributed by atoms with Gasteiger partial charge in [-0.15, -0.1) is 0 Å². The third kappa shape index (κ3) is 2.28. The average molecular weight is 238 g/mol. The van der Waals surface area contributed by atoms with Gasteiger partial charge in [0, 0.05) is 12.8 Å². The van der Waals surface area contributed by atoms with Crippen molar-refractivity contribution in [3.8, 4) is 11.5 Å². The molecule has 0 saturated heterocycles. The quantitative estimate of drug-likeness (QED) is 0.800. The highest BCUT2D eigenvalue weighted by molar-refractivity contribution is 5.83. The van der Waals surface area contributed by atoms with E-state index in [0.717, 1.165) is 23.5 Å². The van der Waals surface area contributed by atoms with Crippen molar-refractivity contribution < 1.29 is 9.53 Å². The molecule has 0 atom stereocenters. The molecule has 3 rings (SSSR count). The first-order valence-corrected chi connectivity index (χ1v) is 6.18. The molecular formula is C16H14O2. The van der Waals surface area contributed by atoms with E-state index in [0.29, 0.717) is 18.6 Å². The van der Waals surface area contributed by atoms with E-state index in [9.17, 15) is 4.79 Å². The van der Waals surface area contributed by atoms with Crippen molar-refractivity contribution in [3.05, 3.63) is 59.7 Å². The molecule has 0 aromatic heterocycles. The minimum Gasteiger partial charge on any atom is -0.457 e. The third-order valence-electron chi connectivity index (χ3n) is 3.22. The number of para-hydroxylation sites is 1. The number of fused-ring (bicyclic) bond motifs is 1. The van der Waals surface area contributed by atoms with Gasteiger partial charge in [-0.05, 0) is 41.8 Å². The molecule has 0 bridgehead atoms. The van der Waals surface area contributed by atoms with Crippen LogP contribution < -0.4 is 4.74 Å². The number of ether oxygens (including phenoxy) is 1. The zero-order chi connectivity index (χ0) is 12.4. The fourth-order valence-electron chi connectivity index (χ4n) is 2.27. The van der Waals surface area contributed by atoms with Crippen molar-refractivity contribution in [1.29, 1.82) is 0 Å². The van der Waals surface area contributed by atoms with Crippen molar-refractivity contribution in [2.24, 2.45) is 0 Å². The Bertz CT molecular complexity index is 573. The maximum Gasteiger partial charge on any atom is 0.137 e. The number of ketones is 1. The van der Waals surface area contributed by atoms with E-state index in [1.807, 2.05) is 42.5 Å². The number of Topliss-reactive ketones (excluding diaryl/α,β-unsaturated/α-hetero) is 1. The average Bonchev–Trinajstić information content (AvgIpc) is 2.40. The zero-order valence-electron chi connectivity index (χ0n) is 10.1. The molecule has 0 saturated carbocycles. The Hall–Kier alpha value is -2.09. The molecule has 2 aromatic rings. The number of benzene rings is 2. The van der Waals surface area contributed by atoms with Gasteiger partial charge in [-0.25, -0.2) is 0 Å². The van der Waals surface area contributed by atoms with E-state index in [1.165, 1.54) is 5.56 Å². The highest BCUT2D eigenvalue weighted by atomic mass is 16.5. The lowest BCUT2D eigenvalue weighted by Gasteiger charge is -2.16. The standard InChI is InChI=1S/C16H14O2/c17-14-8-6-13-11-16(9-7-12(13)10-14)18-15-4-2-1-3-5-15/h1-5,7,9,11H,6,8,10H2. The van der Waals surface area contributed by atoms with Gasteiger partial charge in [-0.2, -0.15) is 0 Å². The summed E-state index contributed by atoms with van der Waals surface area (Å²) in [6.07, 6.45) is 2.06. The highest BCUT2D eigenvalue weighted by Gasteiger charge is 2.15. The summed E-state index contributed by atoms with van der Waals surface area (Å²) >= 11 is 0. The van der Waals surface area contributed by atoms with Crippen LogP contribution in [0.15, 0.2) is 48.5 Å². The molecule has 0 amide bonds. The third-order valence-corrected chi connectivity index (χ3v) is 3.22. The van der Waals surface area contributed by atoms with Crippen LogP contribution in [0.25, 0.3) is 0 Å². The van der Waals surface area contributed by atoms with Crippen LogP contribution in [0.4, 0.5) is 0 Å². The lowest BCUT2D eigenvalue weighted by atomic mass is 9.91. The smallest absolute Gasteiger partial charge is 0.137 e. The fraction of sp³-hybridized carbons (Fsp3) is 0.188. The van der Waals surface area contributed by atoms with Gasteiger partial charge in [-0.1, -0.05) is 24.3 Å². The summed E-state index contributed by atoms with van der Waals surface area (Å²) in [7, 11) is 0. The van der Waals surface area contributed by atoms with Crippen LogP contribution in [0, 0.1) is 0 Å². The lowest BCUT2D eigenvalue weighted by molar-refractivity contribution is -0.118. The van der Waals surface area contributed by atoms with Crippen LogP contribution >= 0.6 is 0 Å². The molecule has 0 N–H and O–H groups in total. The number of aryl methyl sites for hydroxylation is 1. The van der Waals surface area contributed by atoms with E-state index in [4.69, 9.17) is 4.74 Å². The topological polar surface area (TPSA) is 26.3 Å². The lowest BCUT2D eigenvalue weighted by Crippen LogP contribution is -2.12. The van der Waals surface area contributed by atoms with Gasteiger partial charge in [0.05, 0.1) is 0 Å². The maximum atomic E-state index is 11.4. The second-order valence-electron chi connectivity index (χ2n) is 4.56. The second-order valence-corrected chi connectivity index (χ2v) is 4.56. The minimum absolute atomic E-state index is 0.333. The highest BCUT2D eigenvalue weighted by Crippen LogP contribution is 2.27. The van der Waals surface area contributed by atoms with Crippen molar-refractivity contribution in [2.75, 3.05) is 0 Å². The Morgan fingerprint density at radius 1 is 0.833 bits per heavy atom. The minimum atomic E-state index is 0.333. The SMILES string of the molecule is O=C1CCc2cc(Oc3ccccc3)ccc2C1. The zero-order valence-corrected chi connectivity index (χ0v) is 10.1. The Balaban J connectivity index is 1.85. The molecule has 1 aliphatic carbocycles. The number of hydrogen-bond acceptors (Lipinski definition) is 2. The van der Waals surface area contributed by atoms with Gasteiger partial charge in [-0.3, -0.25) is 4.79 Å². The summed E-state index contributed by atoms with van der Waals surface area (Å²) in [6, 6.07) is 15.7. The first-order valence-electron chi connectivity index (χ1n) is 6.18. The van der Waals surface area contributed by atoms with Gasteiger partial charge in [0.15, 0.2) is 0 Å². The van der Waals surface area contributed by atoms with E-state index >= 15 is 0 Å². The van der Waals surface area contributed by atoms with Crippen molar-refractivity contribution in [3.63, 3.8) is 0 Å². The van der Waals surface area contributed by atoms with Crippen LogP contribution in [0.3, 0.4) is 0 Å². The summed E-state index contributed by atoms with van der Waals surface area (Å²) in [5.41, 5.74) is 2.38. The molecule has 2 aromatic carbocycles. The van der Waals surface area contributed by atoms with E-state index in [1.54, 1.807) is 0 Å². The number of rotatable bonds is 2. The largest absolute Gasteiger partial charge is 0.457 e. The van der Waals surface area contributed by atoms with Gasteiger partial charge >= 0.3 is 0 Å². The van der Waals surface area contributed by atoms with Crippen LogP contribution in [0.1, 0.15) is 17.5 Å². The van der Waals surface area contributed by atoms with Crippen LogP contribution in [0.2, 0.25) is 0 Å². The van der Waals surface area contributed by atoms with E-state index < -0.39 is 0 Å². The van der Waals surface area contributed by atoms with Gasteiger partial charge in [0.2, 0.25) is 0 Å². The molecule has 18 heavy (non-hydrogen) atoms. The van der Waals surface area contributed by atoms with Gasteiger partial charge in [0.25, 0.3) is 0 Å². The van der Waals surface area contributed by atoms with Gasteiger partial charge in [0.1, 0.15) is 17.3 Å². The van der Waals surface area contributed by atoms with Crippen LogP contribution in [-0.2, 0) is 17.6 Å².